The molecule has 1 aliphatic heterocycles. The van der Waals surface area contributed by atoms with E-state index < -0.39 is 18.0 Å². The van der Waals surface area contributed by atoms with Gasteiger partial charge in [0.15, 0.2) is 34.4 Å². The molecule has 1 atom stereocenters. The molecule has 0 fully saturated rings. The largest absolute Gasteiger partial charge is 0.490 e. The number of esters is 2. The number of ether oxygens (including phenoxy) is 6. The average molecular weight is 727 g/mol. The van der Waals surface area contributed by atoms with Gasteiger partial charge in [-0.3, -0.25) is 9.36 Å². The Morgan fingerprint density at radius 1 is 0.923 bits per heavy atom. The lowest BCUT2D eigenvalue weighted by Gasteiger charge is -2.25. The number of carbonyl (C=O) groups excluding carboxylic acids is 2. The predicted molar refractivity (Wildman–Crippen MR) is 198 cm³/mol. The van der Waals surface area contributed by atoms with Crippen LogP contribution in [0.4, 0.5) is 0 Å². The number of fused-ring (bicyclic) bond motifs is 1. The highest BCUT2D eigenvalue weighted by Gasteiger charge is 2.34. The van der Waals surface area contributed by atoms with Crippen LogP contribution in [-0.4, -0.2) is 50.0 Å². The number of benzene rings is 3. The Kier molecular flexibility index (Phi) is 12.7. The summed E-state index contributed by atoms with van der Waals surface area (Å²) >= 11 is 1.21. The lowest BCUT2D eigenvalue weighted by molar-refractivity contribution is -0.143. The van der Waals surface area contributed by atoms with Crippen molar-refractivity contribution in [1.82, 2.24) is 4.57 Å². The van der Waals surface area contributed by atoms with Crippen molar-refractivity contribution in [3.05, 3.63) is 127 Å². The molecule has 0 amide bonds. The molecule has 0 aliphatic carbocycles. The van der Waals surface area contributed by atoms with Crippen molar-refractivity contribution < 1.29 is 38.0 Å². The molecule has 0 radical (unpaired) electrons. The van der Waals surface area contributed by atoms with E-state index in [1.807, 2.05) is 56.3 Å². The van der Waals surface area contributed by atoms with Crippen molar-refractivity contribution in [2.45, 2.75) is 46.8 Å². The van der Waals surface area contributed by atoms with Gasteiger partial charge in [-0.05, 0) is 81.1 Å². The van der Waals surface area contributed by atoms with Crippen LogP contribution < -0.4 is 33.8 Å². The molecule has 12 heteroatoms. The molecule has 11 nitrogen and oxygen atoms in total. The molecule has 5 rings (SSSR count). The Labute approximate surface area is 306 Å². The van der Waals surface area contributed by atoms with Gasteiger partial charge in [-0.2, -0.15) is 0 Å². The Balaban J connectivity index is 1.63. The topological polar surface area (TPSA) is 124 Å². The summed E-state index contributed by atoms with van der Waals surface area (Å²) < 4.78 is 35.9. The normalized spacial score (nSPS) is 13.9. The van der Waals surface area contributed by atoms with Gasteiger partial charge in [-0.1, -0.05) is 53.8 Å². The lowest BCUT2D eigenvalue weighted by Crippen LogP contribution is -2.40. The average Bonchev–Trinajstić information content (AvgIpc) is 3.44. The Morgan fingerprint density at radius 2 is 1.67 bits per heavy atom. The van der Waals surface area contributed by atoms with Gasteiger partial charge < -0.3 is 28.4 Å². The zero-order chi connectivity index (χ0) is 37.2. The molecule has 0 spiro atoms. The molecule has 0 saturated heterocycles. The molecular formula is C40H42N2O9S. The Morgan fingerprint density at radius 3 is 2.37 bits per heavy atom. The van der Waals surface area contributed by atoms with E-state index in [0.29, 0.717) is 69.8 Å². The van der Waals surface area contributed by atoms with E-state index in [1.54, 1.807) is 44.2 Å². The first-order valence-corrected chi connectivity index (χ1v) is 17.8. The van der Waals surface area contributed by atoms with Crippen molar-refractivity contribution in [2.75, 3.05) is 33.5 Å². The minimum atomic E-state index is -0.893. The monoisotopic (exact) mass is 726 g/mol. The zero-order valence-electron chi connectivity index (χ0n) is 29.9. The Bertz CT molecular complexity index is 2150. The third-order valence-electron chi connectivity index (χ3n) is 8.02. The quantitative estimate of drug-likeness (QED) is 0.110. The van der Waals surface area contributed by atoms with Crippen molar-refractivity contribution >= 4 is 29.4 Å². The van der Waals surface area contributed by atoms with Crippen LogP contribution in [0.2, 0.25) is 0 Å². The highest BCUT2D eigenvalue weighted by atomic mass is 32.1. The molecule has 0 unspecified atom stereocenters. The van der Waals surface area contributed by atoms with E-state index in [9.17, 15) is 14.4 Å². The number of thiazole rings is 1. The minimum absolute atomic E-state index is 0.136. The fourth-order valence-electron chi connectivity index (χ4n) is 5.77. The first kappa shape index (κ1) is 37.6. The van der Waals surface area contributed by atoms with Gasteiger partial charge in [0, 0.05) is 5.56 Å². The molecule has 0 N–H and O–H groups in total. The summed E-state index contributed by atoms with van der Waals surface area (Å²) in [6.45, 7) is 12.0. The van der Waals surface area contributed by atoms with Crippen LogP contribution in [0.25, 0.3) is 6.08 Å². The number of hydrogen-bond acceptors (Lipinski definition) is 11. The maximum absolute atomic E-state index is 14.4. The van der Waals surface area contributed by atoms with E-state index in [1.165, 1.54) is 23.0 Å². The van der Waals surface area contributed by atoms with Crippen molar-refractivity contribution in [2.24, 2.45) is 4.99 Å². The van der Waals surface area contributed by atoms with Crippen LogP contribution >= 0.6 is 11.3 Å². The van der Waals surface area contributed by atoms with Crippen molar-refractivity contribution in [3.63, 3.8) is 0 Å². The number of nitrogens with zero attached hydrogens (tertiary/aromatic N) is 2. The summed E-state index contributed by atoms with van der Waals surface area (Å²) in [4.78, 5) is 44.8. The van der Waals surface area contributed by atoms with Crippen molar-refractivity contribution in [3.8, 4) is 23.0 Å². The second kappa shape index (κ2) is 17.5. The Hall–Kier alpha value is -5.62. The molecule has 2 heterocycles. The van der Waals surface area contributed by atoms with Gasteiger partial charge >= 0.3 is 11.9 Å². The van der Waals surface area contributed by atoms with E-state index in [2.05, 4.69) is 6.58 Å². The first-order chi connectivity index (χ1) is 25.2. The minimum Gasteiger partial charge on any atom is -0.490 e. The smallest absolute Gasteiger partial charge is 0.343 e. The maximum atomic E-state index is 14.4. The number of carbonyl (C=O) groups is 2. The first-order valence-electron chi connectivity index (χ1n) is 17.0. The molecule has 1 aliphatic rings. The van der Waals surface area contributed by atoms with Gasteiger partial charge in [0.05, 0.1) is 48.8 Å². The van der Waals surface area contributed by atoms with Crippen LogP contribution in [0, 0.1) is 0 Å². The molecule has 3 aromatic carbocycles. The van der Waals surface area contributed by atoms with Crippen LogP contribution in [0.3, 0.4) is 0 Å². The summed E-state index contributed by atoms with van der Waals surface area (Å²) in [6.07, 6.45) is 4.09. The highest BCUT2D eigenvalue weighted by molar-refractivity contribution is 7.07. The third kappa shape index (κ3) is 8.46. The lowest BCUT2D eigenvalue weighted by atomic mass is 9.95. The highest BCUT2D eigenvalue weighted by Crippen LogP contribution is 2.37. The fourth-order valence-corrected chi connectivity index (χ4v) is 6.81. The van der Waals surface area contributed by atoms with Crippen LogP contribution in [0.5, 0.6) is 23.0 Å². The van der Waals surface area contributed by atoms with Gasteiger partial charge in [0.25, 0.3) is 5.56 Å². The molecule has 0 bridgehead atoms. The van der Waals surface area contributed by atoms with Crippen LogP contribution in [0.1, 0.15) is 56.0 Å². The maximum Gasteiger partial charge on any atom is 0.343 e. The van der Waals surface area contributed by atoms with Gasteiger partial charge in [0.1, 0.15) is 6.61 Å². The molecule has 1 aromatic heterocycles. The van der Waals surface area contributed by atoms with Gasteiger partial charge in [0.2, 0.25) is 0 Å². The number of methoxy groups -OCH3 is 1. The molecule has 272 valence electrons. The second-order valence-electron chi connectivity index (χ2n) is 11.5. The standard InChI is InChI=1S/C40H42N2O9S/c1-7-14-29-19-27(20-32(48-9-3)37(29)51-23-26-15-12-11-13-16-26)21-33-38(44)42-36(35(39(45)49-10-4)25(5)41-40(42)52-33)28-17-18-30(31(22-28)47-8-2)50-24-34(43)46-6/h7,11-13,15-22,36H,1,8-10,14,23-24H2,2-6H3/b33-21-/t36-/m0/s1. The van der Waals surface area contributed by atoms with Gasteiger partial charge in [-0.15, -0.1) is 6.58 Å². The molecule has 52 heavy (non-hydrogen) atoms. The van der Waals surface area contributed by atoms with Crippen LogP contribution in [0.15, 0.2) is 94.4 Å². The number of rotatable bonds is 16. The number of aromatic nitrogens is 1. The summed E-state index contributed by atoms with van der Waals surface area (Å²) in [5, 5.41) is 0. The fraction of sp³-hybridized carbons (Fsp3) is 0.300. The molecule has 4 aromatic rings. The summed E-state index contributed by atoms with van der Waals surface area (Å²) in [7, 11) is 1.27. The van der Waals surface area contributed by atoms with Crippen molar-refractivity contribution in [1.29, 1.82) is 0 Å². The van der Waals surface area contributed by atoms with Crippen LogP contribution in [-0.2, 0) is 32.1 Å². The van der Waals surface area contributed by atoms with E-state index in [0.717, 1.165) is 16.7 Å². The number of hydrogen-bond donors (Lipinski definition) is 0. The molecule has 0 saturated carbocycles. The SMILES string of the molecule is C=CCc1cc(/C=c2\sc3n(c2=O)[C@@H](c2ccc(OCC(=O)OC)c(OCC)c2)C(C(=O)OCC)=C(C)N=3)cc(OCC)c1OCc1ccccc1. The summed E-state index contributed by atoms with van der Waals surface area (Å²) in [6, 6.07) is 17.8. The summed E-state index contributed by atoms with van der Waals surface area (Å²) in [5.41, 5.74) is 3.45. The third-order valence-corrected chi connectivity index (χ3v) is 9.00. The number of allylic oxidation sites excluding steroid dienone is 2. The molecular weight excluding hydrogens is 685 g/mol. The van der Waals surface area contributed by atoms with E-state index in [-0.39, 0.29) is 24.3 Å². The van der Waals surface area contributed by atoms with E-state index >= 15 is 0 Å². The predicted octanol–water partition coefficient (Wildman–Crippen LogP) is 5.46. The van der Waals surface area contributed by atoms with Gasteiger partial charge in [-0.25, -0.2) is 14.6 Å². The van der Waals surface area contributed by atoms with E-state index in [4.69, 9.17) is 33.4 Å². The summed E-state index contributed by atoms with van der Waals surface area (Å²) in [5.74, 6) is 0.654. The zero-order valence-corrected chi connectivity index (χ0v) is 30.7. The second-order valence-corrected chi connectivity index (χ2v) is 12.5.